The van der Waals surface area contributed by atoms with Crippen LogP contribution >= 0.6 is 0 Å². The summed E-state index contributed by atoms with van der Waals surface area (Å²) in [6.07, 6.45) is 9.76. The van der Waals surface area contributed by atoms with Gasteiger partial charge in [-0.2, -0.15) is 4.31 Å². The molecule has 1 aromatic carbocycles. The van der Waals surface area contributed by atoms with Gasteiger partial charge in [0.05, 0.1) is 17.9 Å². The molecule has 1 aliphatic carbocycles. The van der Waals surface area contributed by atoms with E-state index in [1.807, 2.05) is 12.2 Å². The molecule has 1 N–H and O–H groups in total. The maximum absolute atomic E-state index is 13.4. The number of sulfonamides is 1. The van der Waals surface area contributed by atoms with Crippen molar-refractivity contribution < 1.29 is 22.0 Å². The zero-order chi connectivity index (χ0) is 22.2. The smallest absolute Gasteiger partial charge is 0.255 e. The number of nitrogens with zero attached hydrogens (tertiary/aromatic N) is 1. The molecule has 2 atom stereocenters. The molecule has 0 spiro atoms. The van der Waals surface area contributed by atoms with Crippen molar-refractivity contribution in [3.8, 4) is 11.3 Å². The van der Waals surface area contributed by atoms with Gasteiger partial charge in [0.15, 0.2) is 0 Å². The first-order valence-electron chi connectivity index (χ1n) is 10.6. The highest BCUT2D eigenvalue weighted by atomic mass is 32.2. The van der Waals surface area contributed by atoms with Gasteiger partial charge in [-0.25, -0.2) is 12.8 Å². The number of furan rings is 1. The number of carbonyl (C=O) groups is 1. The summed E-state index contributed by atoms with van der Waals surface area (Å²) in [6.45, 7) is 0.466. The first kappa shape index (κ1) is 21.8. The Labute approximate surface area is 181 Å². The number of fused-ring (bicyclic) bond motifs is 2. The maximum Gasteiger partial charge on any atom is 0.255 e. The minimum Gasteiger partial charge on any atom is -0.456 e. The second-order valence-electron chi connectivity index (χ2n) is 8.23. The van der Waals surface area contributed by atoms with Gasteiger partial charge in [-0.15, -0.1) is 0 Å². The Hall–Kier alpha value is -2.45. The van der Waals surface area contributed by atoms with Crippen molar-refractivity contribution in [1.29, 1.82) is 0 Å². The third kappa shape index (κ3) is 4.32. The molecule has 166 valence electrons. The molecule has 0 bridgehead atoms. The average Bonchev–Trinajstić information content (AvgIpc) is 3.13. The summed E-state index contributed by atoms with van der Waals surface area (Å²) < 4.78 is 46.2. The molecule has 2 aliphatic rings. The average molecular weight is 447 g/mol. The molecule has 4 rings (SSSR count). The van der Waals surface area contributed by atoms with Gasteiger partial charge >= 0.3 is 0 Å². The minimum atomic E-state index is -3.42. The highest BCUT2D eigenvalue weighted by Gasteiger charge is 2.34. The monoisotopic (exact) mass is 446 g/mol. The number of hydrogen-bond donors (Lipinski definition) is 1. The molecule has 1 amide bonds. The van der Waals surface area contributed by atoms with Crippen LogP contribution < -0.4 is 16.0 Å². The lowest BCUT2D eigenvalue weighted by Crippen LogP contribution is -2.47. The van der Waals surface area contributed by atoms with E-state index in [9.17, 15) is 17.6 Å². The van der Waals surface area contributed by atoms with Crippen molar-refractivity contribution in [1.82, 2.24) is 9.62 Å². The summed E-state index contributed by atoms with van der Waals surface area (Å²) in [7, 11) is -1.86. The van der Waals surface area contributed by atoms with E-state index in [4.69, 9.17) is 4.42 Å². The van der Waals surface area contributed by atoms with Gasteiger partial charge in [-0.3, -0.25) is 4.79 Å². The van der Waals surface area contributed by atoms with Crippen LogP contribution in [0.3, 0.4) is 0 Å². The fourth-order valence-corrected chi connectivity index (χ4v) is 5.71. The zero-order valence-corrected chi connectivity index (χ0v) is 18.5. The van der Waals surface area contributed by atoms with E-state index in [0.29, 0.717) is 34.1 Å². The van der Waals surface area contributed by atoms with E-state index >= 15 is 0 Å². The Morgan fingerprint density at radius 1 is 1.13 bits per heavy atom. The van der Waals surface area contributed by atoms with Crippen LogP contribution in [0.1, 0.15) is 42.5 Å². The summed E-state index contributed by atoms with van der Waals surface area (Å²) >= 11 is 0. The van der Waals surface area contributed by atoms with E-state index in [-0.39, 0.29) is 23.7 Å². The molecule has 1 aliphatic heterocycles. The molecular weight excluding hydrogens is 419 g/mol. The van der Waals surface area contributed by atoms with Crippen molar-refractivity contribution in [2.75, 3.05) is 19.8 Å². The second-order valence-corrected chi connectivity index (χ2v) is 10.2. The van der Waals surface area contributed by atoms with Crippen LogP contribution in [0, 0.1) is 11.7 Å². The first-order chi connectivity index (χ1) is 14.8. The highest BCUT2D eigenvalue weighted by Crippen LogP contribution is 2.29. The van der Waals surface area contributed by atoms with Crippen molar-refractivity contribution in [2.24, 2.45) is 5.92 Å². The normalized spacial score (nSPS) is 22.0. The lowest BCUT2D eigenvalue weighted by atomic mass is 9.89. The van der Waals surface area contributed by atoms with E-state index in [1.165, 1.54) is 18.4 Å². The van der Waals surface area contributed by atoms with Gasteiger partial charge in [-0.05, 0) is 49.1 Å². The summed E-state index contributed by atoms with van der Waals surface area (Å²) in [5, 5.41) is 3.34. The Morgan fingerprint density at radius 3 is 2.52 bits per heavy atom. The molecule has 2 heterocycles. The van der Waals surface area contributed by atoms with Gasteiger partial charge in [0.25, 0.3) is 5.91 Å². The SMILES string of the molecule is CNC(=O)c1c(-c2ccc(F)cc2)oc2c1=CC1CCCCCCN(S(C)(=O)=O)C1C=2. The van der Waals surface area contributed by atoms with Gasteiger partial charge < -0.3 is 9.73 Å². The Morgan fingerprint density at radius 2 is 1.84 bits per heavy atom. The van der Waals surface area contributed by atoms with Crippen molar-refractivity contribution in [3.63, 3.8) is 0 Å². The zero-order valence-electron chi connectivity index (χ0n) is 17.7. The lowest BCUT2D eigenvalue weighted by Gasteiger charge is -2.32. The number of rotatable bonds is 3. The molecule has 1 saturated heterocycles. The minimum absolute atomic E-state index is 0.0533. The lowest BCUT2D eigenvalue weighted by molar-refractivity contribution is 0.0962. The second kappa shape index (κ2) is 8.59. The van der Waals surface area contributed by atoms with E-state index in [0.717, 1.165) is 32.1 Å². The molecule has 2 aromatic rings. The topological polar surface area (TPSA) is 79.6 Å². The van der Waals surface area contributed by atoms with Gasteiger partial charge in [-0.1, -0.05) is 25.3 Å². The van der Waals surface area contributed by atoms with Crippen LogP contribution in [0.15, 0.2) is 28.7 Å². The van der Waals surface area contributed by atoms with Gasteiger partial charge in [0, 0.05) is 24.4 Å². The Balaban J connectivity index is 1.93. The molecule has 0 saturated carbocycles. The number of carbonyl (C=O) groups excluding carboxylic acids is 1. The van der Waals surface area contributed by atoms with Crippen LogP contribution in [0.25, 0.3) is 23.5 Å². The Kier molecular flexibility index (Phi) is 6.03. The van der Waals surface area contributed by atoms with Crippen LogP contribution in [-0.4, -0.2) is 44.5 Å². The van der Waals surface area contributed by atoms with E-state index in [2.05, 4.69) is 5.32 Å². The summed E-state index contributed by atoms with van der Waals surface area (Å²) in [5.74, 6) is -0.370. The number of nitrogens with one attached hydrogen (secondary N) is 1. The standard InChI is InChI=1S/C23H27FN2O4S/c1-25-23(27)21-18-13-16-7-5-3-4-6-12-26(31(2,28)29)19(16)14-20(18)30-22(21)15-8-10-17(24)11-9-15/h8-11,13-14,16,19H,3-7,12H2,1-2H3,(H,25,27). The molecular formula is C23H27FN2O4S. The first-order valence-corrected chi connectivity index (χ1v) is 12.5. The largest absolute Gasteiger partial charge is 0.456 e. The number of halogens is 1. The molecule has 8 heteroatoms. The van der Waals surface area contributed by atoms with Crippen molar-refractivity contribution >= 4 is 28.1 Å². The molecule has 6 nitrogen and oxygen atoms in total. The number of amides is 1. The van der Waals surface area contributed by atoms with Gasteiger partial charge in [0.1, 0.15) is 17.0 Å². The third-order valence-corrected chi connectivity index (χ3v) is 7.38. The van der Waals surface area contributed by atoms with Crippen LogP contribution in [0.4, 0.5) is 4.39 Å². The number of benzene rings is 1. The van der Waals surface area contributed by atoms with Crippen LogP contribution in [0.5, 0.6) is 0 Å². The molecule has 0 radical (unpaired) electrons. The predicted octanol–water partition coefficient (Wildman–Crippen LogP) is 2.23. The predicted molar refractivity (Wildman–Crippen MR) is 118 cm³/mol. The summed E-state index contributed by atoms with van der Waals surface area (Å²) in [4.78, 5) is 12.8. The number of hydrogen-bond acceptors (Lipinski definition) is 4. The highest BCUT2D eigenvalue weighted by molar-refractivity contribution is 7.88. The molecule has 31 heavy (non-hydrogen) atoms. The van der Waals surface area contributed by atoms with E-state index < -0.39 is 10.0 Å². The van der Waals surface area contributed by atoms with E-state index in [1.54, 1.807) is 23.5 Å². The Bertz CT molecular complexity index is 1200. The summed E-state index contributed by atoms with van der Waals surface area (Å²) in [5.41, 5.74) is 1.46. The molecule has 2 unspecified atom stereocenters. The quantitative estimate of drug-likeness (QED) is 0.784. The summed E-state index contributed by atoms with van der Waals surface area (Å²) in [6, 6.07) is 5.43. The fourth-order valence-electron chi connectivity index (χ4n) is 4.59. The van der Waals surface area contributed by atoms with Crippen molar-refractivity contribution in [2.45, 2.75) is 38.1 Å². The fraction of sp³-hybridized carbons (Fsp3) is 0.435. The maximum atomic E-state index is 13.4. The van der Waals surface area contributed by atoms with Crippen LogP contribution in [0.2, 0.25) is 0 Å². The van der Waals surface area contributed by atoms with Crippen LogP contribution in [-0.2, 0) is 10.0 Å². The van der Waals surface area contributed by atoms with Gasteiger partial charge in [0.2, 0.25) is 10.0 Å². The third-order valence-electron chi connectivity index (χ3n) is 6.10. The molecule has 1 aromatic heterocycles. The van der Waals surface area contributed by atoms with Crippen molar-refractivity contribution in [3.05, 3.63) is 46.3 Å². The molecule has 1 fully saturated rings.